The Balaban J connectivity index is 2.30. The van der Waals surface area contributed by atoms with Gasteiger partial charge in [-0.3, -0.25) is 10.5 Å². The second-order valence-corrected chi connectivity index (χ2v) is 7.22. The Hall–Kier alpha value is -3.21. The summed E-state index contributed by atoms with van der Waals surface area (Å²) in [4.78, 5) is 51.4. The van der Waals surface area contributed by atoms with Gasteiger partial charge in [-0.1, -0.05) is 31.4 Å². The van der Waals surface area contributed by atoms with E-state index in [-0.39, 0.29) is 25.0 Å². The molecule has 1 fully saturated rings. The standard InChI is InChI=1S/C19H24N2O9/c1-28-17(25)19(20,18(11-15(22)23)9-3-2-4-10-18)30-16(24)14-7-5-13(6-8-14)12-29-21(26)27/h5-8H,2-4,9-12,20H2,1H3,(H,22,23). The molecule has 1 aromatic carbocycles. The number of carbonyl (C=O) groups excluding carboxylic acids is 2. The van der Waals surface area contributed by atoms with Crippen LogP contribution in [0.2, 0.25) is 0 Å². The number of carbonyl (C=O) groups is 3. The number of nitrogens with zero attached hydrogens (tertiary/aromatic N) is 1. The fraction of sp³-hybridized carbons (Fsp3) is 0.526. The molecule has 0 aliphatic heterocycles. The lowest BCUT2D eigenvalue weighted by molar-refractivity contribution is -0.763. The number of benzene rings is 1. The van der Waals surface area contributed by atoms with Gasteiger partial charge in [0.2, 0.25) is 0 Å². The third-order valence-electron chi connectivity index (χ3n) is 5.36. The Labute approximate surface area is 172 Å². The molecule has 3 N–H and O–H groups in total. The zero-order valence-corrected chi connectivity index (χ0v) is 16.5. The van der Waals surface area contributed by atoms with Crippen LogP contribution < -0.4 is 5.73 Å². The summed E-state index contributed by atoms with van der Waals surface area (Å²) in [7, 11) is 1.08. The van der Waals surface area contributed by atoms with Crippen LogP contribution in [0.25, 0.3) is 0 Å². The molecule has 164 valence electrons. The molecule has 0 aromatic heterocycles. The van der Waals surface area contributed by atoms with Crippen molar-refractivity contribution < 1.29 is 38.9 Å². The second-order valence-electron chi connectivity index (χ2n) is 7.22. The molecule has 0 saturated heterocycles. The lowest BCUT2D eigenvalue weighted by atomic mass is 9.65. The molecule has 11 nitrogen and oxygen atoms in total. The summed E-state index contributed by atoms with van der Waals surface area (Å²) in [5, 5.41) is 18.7. The fourth-order valence-corrected chi connectivity index (χ4v) is 3.79. The maximum Gasteiger partial charge on any atom is 0.366 e. The van der Waals surface area contributed by atoms with Gasteiger partial charge in [-0.05, 0) is 30.5 Å². The summed E-state index contributed by atoms with van der Waals surface area (Å²) in [6.45, 7) is -0.299. The molecular formula is C19H24N2O9. The molecule has 2 rings (SSSR count). The SMILES string of the molecule is COC(=O)C(N)(OC(=O)c1ccc(CO[N+](=O)[O-])cc1)C1(CC(=O)O)CCCCC1. The number of carboxylic acid groups (broad SMARTS) is 1. The van der Waals surface area contributed by atoms with E-state index in [0.717, 1.165) is 13.5 Å². The average Bonchev–Trinajstić information content (AvgIpc) is 2.71. The molecule has 0 amide bonds. The minimum absolute atomic E-state index is 0.0277. The van der Waals surface area contributed by atoms with Crippen molar-refractivity contribution in [3.05, 3.63) is 45.5 Å². The van der Waals surface area contributed by atoms with Crippen molar-refractivity contribution in [3.8, 4) is 0 Å². The summed E-state index contributed by atoms with van der Waals surface area (Å²) < 4.78 is 10.2. The molecule has 0 radical (unpaired) electrons. The van der Waals surface area contributed by atoms with E-state index in [2.05, 4.69) is 4.84 Å². The largest absolute Gasteiger partial charge is 0.481 e. The first kappa shape index (κ1) is 23.1. The molecule has 1 aliphatic carbocycles. The summed E-state index contributed by atoms with van der Waals surface area (Å²) in [6.07, 6.45) is 2.23. The van der Waals surface area contributed by atoms with Gasteiger partial charge < -0.3 is 19.4 Å². The first-order chi connectivity index (χ1) is 14.1. The third-order valence-corrected chi connectivity index (χ3v) is 5.36. The Morgan fingerprint density at radius 2 is 1.80 bits per heavy atom. The Kier molecular flexibility index (Phi) is 7.33. The van der Waals surface area contributed by atoms with E-state index < -0.39 is 40.6 Å². The van der Waals surface area contributed by atoms with Gasteiger partial charge in [0.15, 0.2) is 0 Å². The van der Waals surface area contributed by atoms with Crippen molar-refractivity contribution >= 4 is 17.9 Å². The Morgan fingerprint density at radius 3 is 2.30 bits per heavy atom. The van der Waals surface area contributed by atoms with E-state index in [4.69, 9.17) is 15.2 Å². The molecule has 1 unspecified atom stereocenters. The van der Waals surface area contributed by atoms with Crippen LogP contribution in [-0.2, 0) is 30.5 Å². The van der Waals surface area contributed by atoms with Crippen LogP contribution in [0.5, 0.6) is 0 Å². The summed E-state index contributed by atoms with van der Waals surface area (Å²) >= 11 is 0. The van der Waals surface area contributed by atoms with Crippen LogP contribution in [0.15, 0.2) is 24.3 Å². The summed E-state index contributed by atoms with van der Waals surface area (Å²) in [5.74, 6) is -3.14. The minimum Gasteiger partial charge on any atom is -0.481 e. The number of rotatable bonds is 9. The smallest absolute Gasteiger partial charge is 0.366 e. The highest BCUT2D eigenvalue weighted by Crippen LogP contribution is 2.48. The number of nitrogens with two attached hydrogens (primary N) is 1. The van der Waals surface area contributed by atoms with Crippen LogP contribution in [-0.4, -0.2) is 40.9 Å². The molecule has 0 spiro atoms. The van der Waals surface area contributed by atoms with Crippen molar-refractivity contribution in [2.45, 2.75) is 50.9 Å². The third kappa shape index (κ3) is 5.03. The molecule has 1 aliphatic rings. The number of esters is 2. The van der Waals surface area contributed by atoms with E-state index in [9.17, 15) is 29.6 Å². The number of hydrogen-bond acceptors (Lipinski definition) is 9. The van der Waals surface area contributed by atoms with Gasteiger partial charge in [-0.2, -0.15) is 0 Å². The number of ether oxygens (including phenoxy) is 2. The predicted molar refractivity (Wildman–Crippen MR) is 100 cm³/mol. The summed E-state index contributed by atoms with van der Waals surface area (Å²) in [5.41, 5.74) is 3.15. The van der Waals surface area contributed by atoms with Crippen molar-refractivity contribution in [3.63, 3.8) is 0 Å². The van der Waals surface area contributed by atoms with E-state index in [1.165, 1.54) is 24.3 Å². The molecule has 0 heterocycles. The summed E-state index contributed by atoms with van der Waals surface area (Å²) in [6, 6.07) is 5.51. The number of hydrogen-bond donors (Lipinski definition) is 2. The monoisotopic (exact) mass is 424 g/mol. The van der Waals surface area contributed by atoms with Crippen LogP contribution >= 0.6 is 0 Å². The van der Waals surface area contributed by atoms with Crippen LogP contribution in [0, 0.1) is 15.5 Å². The van der Waals surface area contributed by atoms with Gasteiger partial charge in [-0.15, -0.1) is 10.1 Å². The average molecular weight is 424 g/mol. The van der Waals surface area contributed by atoms with E-state index in [0.29, 0.717) is 18.4 Å². The highest BCUT2D eigenvalue weighted by atomic mass is 16.9. The van der Waals surface area contributed by atoms with Gasteiger partial charge in [0.25, 0.3) is 10.8 Å². The van der Waals surface area contributed by atoms with Crippen LogP contribution in [0.4, 0.5) is 0 Å². The fourth-order valence-electron chi connectivity index (χ4n) is 3.79. The van der Waals surface area contributed by atoms with Gasteiger partial charge >= 0.3 is 17.9 Å². The van der Waals surface area contributed by atoms with Crippen molar-refractivity contribution in [1.82, 2.24) is 0 Å². The van der Waals surface area contributed by atoms with Gasteiger partial charge in [0.1, 0.15) is 6.61 Å². The zero-order chi connectivity index (χ0) is 22.4. The number of aliphatic carboxylic acids is 1. The van der Waals surface area contributed by atoms with E-state index in [1.54, 1.807) is 0 Å². The Bertz CT molecular complexity index is 803. The maximum atomic E-state index is 12.7. The van der Waals surface area contributed by atoms with E-state index in [1.807, 2.05) is 0 Å². The topological polar surface area (TPSA) is 168 Å². The molecule has 1 aromatic rings. The van der Waals surface area contributed by atoms with Crippen molar-refractivity contribution in [2.75, 3.05) is 7.11 Å². The first-order valence-corrected chi connectivity index (χ1v) is 9.32. The number of methoxy groups -OCH3 is 1. The van der Waals surface area contributed by atoms with Gasteiger partial charge in [0.05, 0.1) is 19.1 Å². The molecule has 1 atom stereocenters. The van der Waals surface area contributed by atoms with Crippen LogP contribution in [0.3, 0.4) is 0 Å². The molecular weight excluding hydrogens is 400 g/mol. The molecule has 1 saturated carbocycles. The zero-order valence-electron chi connectivity index (χ0n) is 16.5. The minimum atomic E-state index is -2.29. The van der Waals surface area contributed by atoms with Crippen molar-refractivity contribution in [2.24, 2.45) is 11.1 Å². The highest BCUT2D eigenvalue weighted by Gasteiger charge is 2.59. The molecule has 11 heteroatoms. The van der Waals surface area contributed by atoms with Crippen LogP contribution in [0.1, 0.15) is 54.4 Å². The van der Waals surface area contributed by atoms with Crippen molar-refractivity contribution in [1.29, 1.82) is 0 Å². The highest BCUT2D eigenvalue weighted by molar-refractivity contribution is 5.93. The lowest BCUT2D eigenvalue weighted by Crippen LogP contribution is -2.65. The quantitative estimate of drug-likeness (QED) is 0.258. The molecule has 0 bridgehead atoms. The first-order valence-electron chi connectivity index (χ1n) is 9.32. The Morgan fingerprint density at radius 1 is 1.20 bits per heavy atom. The number of carboxylic acids is 1. The van der Waals surface area contributed by atoms with Gasteiger partial charge in [-0.25, -0.2) is 9.59 Å². The van der Waals surface area contributed by atoms with E-state index >= 15 is 0 Å². The normalized spacial score (nSPS) is 17.3. The predicted octanol–water partition coefficient (Wildman–Crippen LogP) is 1.80. The molecule has 30 heavy (non-hydrogen) atoms. The van der Waals surface area contributed by atoms with Gasteiger partial charge in [0, 0.05) is 5.41 Å². The second kappa shape index (κ2) is 9.53. The maximum absolute atomic E-state index is 12.7. The lowest BCUT2D eigenvalue weighted by Gasteiger charge is -2.46.